The number of aromatic amines is 1. The lowest BCUT2D eigenvalue weighted by Crippen LogP contribution is -1.92. The summed E-state index contributed by atoms with van der Waals surface area (Å²) in [6.45, 7) is 1.93. The lowest BCUT2D eigenvalue weighted by atomic mass is 10.1. The number of hydrogen-bond donors (Lipinski definition) is 2. The van der Waals surface area contributed by atoms with E-state index in [2.05, 4.69) is 47.1 Å². The van der Waals surface area contributed by atoms with E-state index < -0.39 is 5.91 Å². The predicted molar refractivity (Wildman–Crippen MR) is 95.4 cm³/mol. The van der Waals surface area contributed by atoms with Crippen LogP contribution in [-0.2, 0) is 0 Å². The molecule has 0 unspecified atom stereocenters. The molecular formula is C16H11Br2N3O2. The van der Waals surface area contributed by atoms with E-state index in [1.807, 2.05) is 25.1 Å². The molecule has 0 bridgehead atoms. The molecule has 0 atom stereocenters. The van der Waals surface area contributed by atoms with Gasteiger partial charge in [-0.25, -0.2) is 0 Å². The molecule has 0 spiro atoms. The number of azo groups is 1. The van der Waals surface area contributed by atoms with Crippen molar-refractivity contribution in [2.75, 3.05) is 0 Å². The number of fused-ring (bicyclic) bond motifs is 1. The first-order chi connectivity index (χ1) is 11.0. The molecule has 0 saturated carbocycles. The average molecular weight is 437 g/mol. The van der Waals surface area contributed by atoms with Gasteiger partial charge >= 0.3 is 0 Å². The standard InChI is InChI=1S/C16H11Br2N3O2/c1-8-5-11-13(7-12(8)18)19-16(23)14(11)20-21-15(22)9-3-2-4-10(17)6-9/h2-7,19,23H,1H3. The van der Waals surface area contributed by atoms with E-state index in [0.717, 1.165) is 14.5 Å². The van der Waals surface area contributed by atoms with Gasteiger partial charge in [0.05, 0.1) is 5.52 Å². The molecule has 0 aliphatic rings. The molecule has 7 heteroatoms. The van der Waals surface area contributed by atoms with Crippen LogP contribution in [-0.4, -0.2) is 16.0 Å². The molecular weight excluding hydrogens is 426 g/mol. The monoisotopic (exact) mass is 435 g/mol. The van der Waals surface area contributed by atoms with E-state index in [4.69, 9.17) is 0 Å². The minimum absolute atomic E-state index is 0.122. The molecule has 5 nitrogen and oxygen atoms in total. The number of benzene rings is 2. The summed E-state index contributed by atoms with van der Waals surface area (Å²) >= 11 is 6.74. The highest BCUT2D eigenvalue weighted by molar-refractivity contribution is 9.10. The van der Waals surface area contributed by atoms with Crippen molar-refractivity contribution in [2.45, 2.75) is 6.92 Å². The highest BCUT2D eigenvalue weighted by Crippen LogP contribution is 2.37. The van der Waals surface area contributed by atoms with Gasteiger partial charge in [-0.2, -0.15) is 0 Å². The number of hydrogen-bond acceptors (Lipinski definition) is 3. The van der Waals surface area contributed by atoms with Crippen LogP contribution in [0.5, 0.6) is 5.88 Å². The van der Waals surface area contributed by atoms with Gasteiger partial charge in [0.2, 0.25) is 5.88 Å². The normalized spacial score (nSPS) is 11.4. The second-order valence-electron chi connectivity index (χ2n) is 4.98. The third-order valence-corrected chi connectivity index (χ3v) is 4.69. The molecule has 2 N–H and O–H groups in total. The van der Waals surface area contributed by atoms with Gasteiger partial charge in [-0.3, -0.25) is 4.79 Å². The summed E-state index contributed by atoms with van der Waals surface area (Å²) in [4.78, 5) is 14.9. The number of carbonyl (C=O) groups is 1. The molecule has 1 amide bonds. The van der Waals surface area contributed by atoms with Crippen LogP contribution in [0.1, 0.15) is 15.9 Å². The topological polar surface area (TPSA) is 77.8 Å². The number of H-pyrrole nitrogens is 1. The Morgan fingerprint density at radius 2 is 2.00 bits per heavy atom. The van der Waals surface area contributed by atoms with Crippen molar-refractivity contribution in [2.24, 2.45) is 10.2 Å². The van der Waals surface area contributed by atoms with E-state index in [1.54, 1.807) is 18.2 Å². The van der Waals surface area contributed by atoms with E-state index in [9.17, 15) is 9.90 Å². The summed E-state index contributed by atoms with van der Waals surface area (Å²) in [6, 6.07) is 10.6. The molecule has 0 saturated heterocycles. The van der Waals surface area contributed by atoms with Crippen LogP contribution in [0.25, 0.3) is 10.9 Å². The minimum Gasteiger partial charge on any atom is -0.493 e. The number of nitrogens with one attached hydrogen (secondary N) is 1. The van der Waals surface area contributed by atoms with Crippen LogP contribution in [0.4, 0.5) is 5.69 Å². The zero-order chi connectivity index (χ0) is 16.6. The van der Waals surface area contributed by atoms with Crippen molar-refractivity contribution < 1.29 is 9.90 Å². The van der Waals surface area contributed by atoms with Crippen LogP contribution < -0.4 is 0 Å². The van der Waals surface area contributed by atoms with Crippen molar-refractivity contribution in [3.63, 3.8) is 0 Å². The Morgan fingerprint density at radius 1 is 1.22 bits per heavy atom. The molecule has 0 aliphatic carbocycles. The van der Waals surface area contributed by atoms with Crippen LogP contribution in [0.2, 0.25) is 0 Å². The van der Waals surface area contributed by atoms with Gasteiger partial charge < -0.3 is 10.1 Å². The Kier molecular flexibility index (Phi) is 4.32. The van der Waals surface area contributed by atoms with Crippen molar-refractivity contribution >= 4 is 54.4 Å². The number of halogens is 2. The fraction of sp³-hybridized carbons (Fsp3) is 0.0625. The van der Waals surface area contributed by atoms with E-state index in [-0.39, 0.29) is 11.6 Å². The first-order valence-corrected chi connectivity index (χ1v) is 8.26. The van der Waals surface area contributed by atoms with Crippen molar-refractivity contribution in [1.82, 2.24) is 4.98 Å². The lowest BCUT2D eigenvalue weighted by molar-refractivity contribution is 0.0995. The van der Waals surface area contributed by atoms with Crippen LogP contribution in [0.3, 0.4) is 0 Å². The maximum atomic E-state index is 12.1. The first kappa shape index (κ1) is 15.9. The predicted octanol–water partition coefficient (Wildman–Crippen LogP) is 5.63. The minimum atomic E-state index is -0.478. The zero-order valence-electron chi connectivity index (χ0n) is 12.0. The number of carbonyl (C=O) groups excluding carboxylic acids is 1. The highest BCUT2D eigenvalue weighted by atomic mass is 79.9. The van der Waals surface area contributed by atoms with E-state index >= 15 is 0 Å². The maximum Gasteiger partial charge on any atom is 0.295 e. The SMILES string of the molecule is Cc1cc2c(N=NC(=O)c3cccc(Br)c3)c(O)[nH]c2cc1Br. The molecule has 0 radical (unpaired) electrons. The van der Waals surface area contributed by atoms with Crippen LogP contribution in [0, 0.1) is 6.92 Å². The number of amides is 1. The Balaban J connectivity index is 1.99. The molecule has 23 heavy (non-hydrogen) atoms. The van der Waals surface area contributed by atoms with Gasteiger partial charge in [0.1, 0.15) is 0 Å². The number of nitrogens with zero attached hydrogens (tertiary/aromatic N) is 2. The van der Waals surface area contributed by atoms with E-state index in [1.165, 1.54) is 0 Å². The number of aryl methyl sites for hydroxylation is 1. The van der Waals surface area contributed by atoms with Gasteiger partial charge in [0.15, 0.2) is 5.69 Å². The summed E-state index contributed by atoms with van der Waals surface area (Å²) in [5.41, 5.74) is 2.37. The van der Waals surface area contributed by atoms with Gasteiger partial charge in [0.25, 0.3) is 5.91 Å². The average Bonchev–Trinajstić information content (AvgIpc) is 2.80. The fourth-order valence-electron chi connectivity index (χ4n) is 2.17. The summed E-state index contributed by atoms with van der Waals surface area (Å²) < 4.78 is 1.70. The second kappa shape index (κ2) is 6.25. The van der Waals surface area contributed by atoms with Gasteiger partial charge in [-0.05, 0) is 42.8 Å². The smallest absolute Gasteiger partial charge is 0.295 e. The van der Waals surface area contributed by atoms with Crippen molar-refractivity contribution in [3.05, 3.63) is 56.5 Å². The van der Waals surface area contributed by atoms with Gasteiger partial charge in [0, 0.05) is 19.9 Å². The molecule has 3 aromatic rings. The highest BCUT2D eigenvalue weighted by Gasteiger charge is 2.13. The largest absolute Gasteiger partial charge is 0.493 e. The molecule has 116 valence electrons. The molecule has 1 heterocycles. The van der Waals surface area contributed by atoms with Crippen LogP contribution in [0.15, 0.2) is 55.6 Å². The summed E-state index contributed by atoms with van der Waals surface area (Å²) in [7, 11) is 0. The molecule has 1 aromatic heterocycles. The first-order valence-electron chi connectivity index (χ1n) is 6.68. The van der Waals surface area contributed by atoms with Crippen molar-refractivity contribution in [3.8, 4) is 5.88 Å². The molecule has 0 aliphatic heterocycles. The zero-order valence-corrected chi connectivity index (χ0v) is 15.1. The quantitative estimate of drug-likeness (QED) is 0.510. The number of rotatable bonds is 2. The number of aromatic hydroxyl groups is 1. The summed E-state index contributed by atoms with van der Waals surface area (Å²) in [5, 5.41) is 18.4. The Labute approximate surface area is 148 Å². The molecule has 2 aromatic carbocycles. The Morgan fingerprint density at radius 3 is 2.74 bits per heavy atom. The van der Waals surface area contributed by atoms with Gasteiger partial charge in [-0.15, -0.1) is 10.2 Å². The van der Waals surface area contributed by atoms with Crippen LogP contribution >= 0.6 is 31.9 Å². The molecule has 0 fully saturated rings. The van der Waals surface area contributed by atoms with Gasteiger partial charge in [-0.1, -0.05) is 37.9 Å². The van der Waals surface area contributed by atoms with E-state index in [0.29, 0.717) is 16.5 Å². The fourth-order valence-corrected chi connectivity index (χ4v) is 2.91. The molecule has 3 rings (SSSR count). The third-order valence-electron chi connectivity index (χ3n) is 3.34. The third kappa shape index (κ3) is 3.20. The summed E-state index contributed by atoms with van der Waals surface area (Å²) in [6.07, 6.45) is 0. The Bertz CT molecular complexity index is 948. The second-order valence-corrected chi connectivity index (χ2v) is 6.75. The lowest BCUT2D eigenvalue weighted by Gasteiger charge is -1.98. The van der Waals surface area contributed by atoms with Crippen molar-refractivity contribution in [1.29, 1.82) is 0 Å². The Hall–Kier alpha value is -1.99. The summed E-state index contributed by atoms with van der Waals surface area (Å²) in [5.74, 6) is -0.600. The number of aromatic nitrogens is 1. The maximum absolute atomic E-state index is 12.1.